The fourth-order valence-corrected chi connectivity index (χ4v) is 3.05. The topological polar surface area (TPSA) is 84.9 Å². The van der Waals surface area contributed by atoms with Gasteiger partial charge >= 0.3 is 6.09 Å². The number of hydrogen-bond acceptors (Lipinski definition) is 5. The molecule has 1 fully saturated rings. The van der Waals surface area contributed by atoms with Crippen molar-refractivity contribution in [1.82, 2.24) is 10.4 Å². The highest BCUT2D eigenvalue weighted by molar-refractivity contribution is 6.20. The molecule has 1 N–H and O–H groups in total. The first kappa shape index (κ1) is 17.4. The standard InChI is InChI=1S/C18H22N2O5/c1-18(2,3)24-17(23)19-11-8-9-12(10-11)25-20-15(21)13-6-4-5-7-14(13)16(20)22/h4-7,11-12H,8-10H2,1-3H3,(H,19,23)/t11-,12-/m0/s1. The summed E-state index contributed by atoms with van der Waals surface area (Å²) in [5, 5.41) is 3.64. The molecular weight excluding hydrogens is 324 g/mol. The number of carbonyl (C=O) groups excluding carboxylic acids is 3. The molecule has 0 radical (unpaired) electrons. The summed E-state index contributed by atoms with van der Waals surface area (Å²) < 4.78 is 5.24. The van der Waals surface area contributed by atoms with Crippen molar-refractivity contribution in [3.05, 3.63) is 35.4 Å². The van der Waals surface area contributed by atoms with Crippen LogP contribution in [-0.4, -0.2) is 40.7 Å². The summed E-state index contributed by atoms with van der Waals surface area (Å²) in [4.78, 5) is 42.1. The second-order valence-corrected chi connectivity index (χ2v) is 7.33. The molecule has 0 aromatic heterocycles. The maximum Gasteiger partial charge on any atom is 0.407 e. The smallest absolute Gasteiger partial charge is 0.407 e. The minimum atomic E-state index is -0.557. The molecule has 134 valence electrons. The summed E-state index contributed by atoms with van der Waals surface area (Å²) >= 11 is 0. The molecule has 0 unspecified atom stereocenters. The number of nitrogens with zero attached hydrogens (tertiary/aromatic N) is 1. The first-order chi connectivity index (χ1) is 11.7. The zero-order valence-corrected chi connectivity index (χ0v) is 14.6. The molecule has 1 aliphatic carbocycles. The largest absolute Gasteiger partial charge is 0.444 e. The van der Waals surface area contributed by atoms with Crippen molar-refractivity contribution in [2.24, 2.45) is 0 Å². The van der Waals surface area contributed by atoms with Crippen molar-refractivity contribution in [2.75, 3.05) is 0 Å². The molecule has 0 spiro atoms. The second kappa shape index (κ2) is 6.48. The van der Waals surface area contributed by atoms with E-state index in [1.54, 1.807) is 45.0 Å². The molecule has 7 nitrogen and oxygen atoms in total. The molecule has 7 heteroatoms. The Balaban J connectivity index is 1.55. The number of ether oxygens (including phenoxy) is 1. The monoisotopic (exact) mass is 346 g/mol. The average molecular weight is 346 g/mol. The lowest BCUT2D eigenvalue weighted by Crippen LogP contribution is -2.39. The molecule has 1 aromatic rings. The zero-order chi connectivity index (χ0) is 18.2. The van der Waals surface area contributed by atoms with Gasteiger partial charge in [0.2, 0.25) is 0 Å². The Morgan fingerprint density at radius 3 is 2.28 bits per heavy atom. The molecule has 1 aromatic carbocycles. The van der Waals surface area contributed by atoms with Gasteiger partial charge < -0.3 is 10.1 Å². The van der Waals surface area contributed by atoms with E-state index in [1.807, 2.05) is 0 Å². The minimum absolute atomic E-state index is 0.102. The first-order valence-corrected chi connectivity index (χ1v) is 8.39. The molecule has 3 rings (SSSR count). The average Bonchev–Trinajstić information content (AvgIpc) is 3.05. The number of imide groups is 1. The third-order valence-electron chi connectivity index (χ3n) is 4.12. The number of nitrogens with one attached hydrogen (secondary N) is 1. The number of fused-ring (bicyclic) bond motifs is 1. The Morgan fingerprint density at radius 2 is 1.72 bits per heavy atom. The van der Waals surface area contributed by atoms with Crippen LogP contribution in [0.4, 0.5) is 4.79 Å². The van der Waals surface area contributed by atoms with Crippen LogP contribution < -0.4 is 5.32 Å². The maximum absolute atomic E-state index is 12.3. The third-order valence-corrected chi connectivity index (χ3v) is 4.12. The van der Waals surface area contributed by atoms with E-state index >= 15 is 0 Å². The number of alkyl carbamates (subject to hydrolysis) is 1. The number of benzene rings is 1. The predicted octanol–water partition coefficient (Wildman–Crippen LogP) is 2.66. The van der Waals surface area contributed by atoms with Crippen LogP contribution in [0.15, 0.2) is 24.3 Å². The van der Waals surface area contributed by atoms with Crippen LogP contribution in [-0.2, 0) is 9.57 Å². The predicted molar refractivity (Wildman–Crippen MR) is 88.8 cm³/mol. The van der Waals surface area contributed by atoms with Crippen molar-refractivity contribution in [3.63, 3.8) is 0 Å². The quantitative estimate of drug-likeness (QED) is 0.851. The maximum atomic E-state index is 12.3. The van der Waals surface area contributed by atoms with Gasteiger partial charge in [-0.05, 0) is 52.2 Å². The van der Waals surface area contributed by atoms with Gasteiger partial charge in [-0.25, -0.2) is 4.79 Å². The van der Waals surface area contributed by atoms with E-state index in [4.69, 9.17) is 9.57 Å². The van der Waals surface area contributed by atoms with Gasteiger partial charge in [-0.2, -0.15) is 0 Å². The van der Waals surface area contributed by atoms with Crippen molar-refractivity contribution < 1.29 is 24.0 Å². The van der Waals surface area contributed by atoms with E-state index in [9.17, 15) is 14.4 Å². The number of rotatable bonds is 3. The lowest BCUT2D eigenvalue weighted by Gasteiger charge is -2.22. The summed E-state index contributed by atoms with van der Waals surface area (Å²) in [7, 11) is 0. The highest BCUT2D eigenvalue weighted by atomic mass is 16.7. The van der Waals surface area contributed by atoms with E-state index in [1.165, 1.54) is 0 Å². The lowest BCUT2D eigenvalue weighted by molar-refractivity contribution is -0.129. The van der Waals surface area contributed by atoms with Crippen molar-refractivity contribution in [3.8, 4) is 0 Å². The van der Waals surface area contributed by atoms with Gasteiger partial charge in [0.25, 0.3) is 11.8 Å². The van der Waals surface area contributed by atoms with Gasteiger partial charge in [-0.3, -0.25) is 14.4 Å². The Morgan fingerprint density at radius 1 is 1.12 bits per heavy atom. The summed E-state index contributed by atoms with van der Waals surface area (Å²) in [6, 6.07) is 6.55. The molecule has 2 atom stereocenters. The van der Waals surface area contributed by atoms with E-state index in [0.29, 0.717) is 30.4 Å². The number of amides is 3. The fourth-order valence-electron chi connectivity index (χ4n) is 3.05. The second-order valence-electron chi connectivity index (χ2n) is 7.33. The summed E-state index contributed by atoms with van der Waals surface area (Å²) in [5.41, 5.74) is 0.154. The summed E-state index contributed by atoms with van der Waals surface area (Å²) in [5.74, 6) is -0.881. The normalized spacial score (nSPS) is 22.9. The van der Waals surface area contributed by atoms with Gasteiger partial charge in [0, 0.05) is 6.04 Å². The molecule has 2 aliphatic rings. The van der Waals surface area contributed by atoms with Crippen molar-refractivity contribution in [1.29, 1.82) is 0 Å². The van der Waals surface area contributed by atoms with Crippen LogP contribution >= 0.6 is 0 Å². The van der Waals surface area contributed by atoms with Crippen LogP contribution in [0.25, 0.3) is 0 Å². The van der Waals surface area contributed by atoms with Crippen LogP contribution in [0.1, 0.15) is 60.7 Å². The highest BCUT2D eigenvalue weighted by Crippen LogP contribution is 2.28. The number of hydrogen-bond donors (Lipinski definition) is 1. The molecule has 1 heterocycles. The molecule has 0 saturated heterocycles. The Labute approximate surface area is 146 Å². The van der Waals surface area contributed by atoms with E-state index in [2.05, 4.69) is 5.32 Å². The van der Waals surface area contributed by atoms with E-state index in [-0.39, 0.29) is 12.1 Å². The first-order valence-electron chi connectivity index (χ1n) is 8.39. The number of carbonyl (C=O) groups is 3. The van der Waals surface area contributed by atoms with E-state index < -0.39 is 23.5 Å². The van der Waals surface area contributed by atoms with E-state index in [0.717, 1.165) is 5.06 Å². The molecule has 1 aliphatic heterocycles. The third kappa shape index (κ3) is 3.82. The lowest BCUT2D eigenvalue weighted by atomic mass is 10.1. The highest BCUT2D eigenvalue weighted by Gasteiger charge is 2.39. The van der Waals surface area contributed by atoms with Crippen LogP contribution in [0.2, 0.25) is 0 Å². The fraction of sp³-hybridized carbons (Fsp3) is 0.500. The van der Waals surface area contributed by atoms with Crippen LogP contribution in [0.5, 0.6) is 0 Å². The van der Waals surface area contributed by atoms with Crippen LogP contribution in [0.3, 0.4) is 0 Å². The van der Waals surface area contributed by atoms with Crippen molar-refractivity contribution in [2.45, 2.75) is 57.8 Å². The van der Waals surface area contributed by atoms with Crippen molar-refractivity contribution >= 4 is 17.9 Å². The van der Waals surface area contributed by atoms with Gasteiger partial charge in [0.05, 0.1) is 17.2 Å². The SMILES string of the molecule is CC(C)(C)OC(=O)N[C@H]1CC[C@H](ON2C(=O)c3ccccc3C2=O)C1. The van der Waals surface area contributed by atoms with Gasteiger partial charge in [0.1, 0.15) is 5.60 Å². The summed E-state index contributed by atoms with van der Waals surface area (Å²) in [6.45, 7) is 5.40. The molecule has 3 amide bonds. The van der Waals surface area contributed by atoms with Gasteiger partial charge in [-0.1, -0.05) is 12.1 Å². The van der Waals surface area contributed by atoms with Crippen LogP contribution in [0, 0.1) is 0 Å². The zero-order valence-electron chi connectivity index (χ0n) is 14.6. The summed E-state index contributed by atoms with van der Waals surface area (Å²) in [6.07, 6.45) is 1.09. The molecule has 0 bridgehead atoms. The Kier molecular flexibility index (Phi) is 4.51. The Bertz CT molecular complexity index is 675. The number of hydroxylamine groups is 2. The van der Waals surface area contributed by atoms with Gasteiger partial charge in [0.15, 0.2) is 0 Å². The van der Waals surface area contributed by atoms with Gasteiger partial charge in [-0.15, -0.1) is 5.06 Å². The molecule has 1 saturated carbocycles. The molecule has 25 heavy (non-hydrogen) atoms. The molecular formula is C18H22N2O5. The Hall–Kier alpha value is -2.41. The minimum Gasteiger partial charge on any atom is -0.444 e.